The Hall–Kier alpha value is -1.82. The van der Waals surface area contributed by atoms with E-state index in [1.165, 1.54) is 6.07 Å². The van der Waals surface area contributed by atoms with Gasteiger partial charge in [0.25, 0.3) is 0 Å². The zero-order valence-corrected chi connectivity index (χ0v) is 8.98. The molecule has 17 heavy (non-hydrogen) atoms. The predicted molar refractivity (Wildman–Crippen MR) is 56.3 cm³/mol. The summed E-state index contributed by atoms with van der Waals surface area (Å²) in [6.45, 7) is -0.401. The summed E-state index contributed by atoms with van der Waals surface area (Å²) in [5.41, 5.74) is 5.19. The lowest BCUT2D eigenvalue weighted by Gasteiger charge is -2.33. The first-order valence-corrected chi connectivity index (χ1v) is 5.08. The third-order valence-electron chi connectivity index (χ3n) is 2.65. The van der Waals surface area contributed by atoms with Crippen LogP contribution in [0.25, 0.3) is 0 Å². The molecule has 0 bridgehead atoms. The van der Waals surface area contributed by atoms with Crippen molar-refractivity contribution >= 4 is 6.16 Å². The van der Waals surface area contributed by atoms with E-state index in [-0.39, 0.29) is 13.0 Å². The van der Waals surface area contributed by atoms with Crippen LogP contribution in [0.15, 0.2) is 18.2 Å². The van der Waals surface area contributed by atoms with E-state index in [1.807, 2.05) is 0 Å². The number of ether oxygens (including phenoxy) is 2. The Kier molecular flexibility index (Phi) is 2.89. The number of rotatable bonds is 2. The number of alkyl halides is 1. The van der Waals surface area contributed by atoms with Gasteiger partial charge in [-0.15, -0.1) is 0 Å². The van der Waals surface area contributed by atoms with Gasteiger partial charge in [-0.1, -0.05) is 6.07 Å². The molecule has 0 aliphatic carbocycles. The van der Waals surface area contributed by atoms with E-state index in [0.29, 0.717) is 16.9 Å². The van der Waals surface area contributed by atoms with Crippen molar-refractivity contribution in [2.75, 3.05) is 6.61 Å². The van der Waals surface area contributed by atoms with Gasteiger partial charge in [0, 0.05) is 6.42 Å². The first-order valence-electron chi connectivity index (χ1n) is 5.08. The van der Waals surface area contributed by atoms with E-state index in [9.17, 15) is 9.18 Å². The van der Waals surface area contributed by atoms with E-state index in [0.717, 1.165) is 0 Å². The van der Waals surface area contributed by atoms with Gasteiger partial charge in [-0.25, -0.2) is 9.18 Å². The SMILES string of the molecule is NC1(OC(=O)O)CCOc2ccc(CF)cc21. The molecule has 6 heteroatoms. The summed E-state index contributed by atoms with van der Waals surface area (Å²) in [7, 11) is 0. The van der Waals surface area contributed by atoms with Gasteiger partial charge in [-0.2, -0.15) is 0 Å². The number of nitrogens with two attached hydrogens (primary N) is 1. The minimum atomic E-state index is -1.47. The van der Waals surface area contributed by atoms with E-state index in [1.54, 1.807) is 12.1 Å². The van der Waals surface area contributed by atoms with Gasteiger partial charge in [0.2, 0.25) is 0 Å². The van der Waals surface area contributed by atoms with Crippen molar-refractivity contribution < 1.29 is 23.8 Å². The summed E-state index contributed by atoms with van der Waals surface area (Å²) in [4.78, 5) is 10.6. The lowest BCUT2D eigenvalue weighted by Crippen LogP contribution is -2.45. The van der Waals surface area contributed by atoms with Crippen LogP contribution in [0.1, 0.15) is 17.5 Å². The van der Waals surface area contributed by atoms with Crippen LogP contribution in [-0.4, -0.2) is 17.9 Å². The maximum atomic E-state index is 12.6. The average Bonchev–Trinajstić information content (AvgIpc) is 2.28. The van der Waals surface area contributed by atoms with Gasteiger partial charge in [0.1, 0.15) is 12.4 Å². The Balaban J connectivity index is 2.44. The molecule has 2 rings (SSSR count). The summed E-state index contributed by atoms with van der Waals surface area (Å²) >= 11 is 0. The zero-order chi connectivity index (χ0) is 12.5. The molecular formula is C11H12FNO4. The first kappa shape index (κ1) is 11.7. The summed E-state index contributed by atoms with van der Waals surface area (Å²) in [5.74, 6) is 0.428. The second-order valence-corrected chi connectivity index (χ2v) is 3.82. The molecule has 3 N–H and O–H groups in total. The van der Waals surface area contributed by atoms with Crippen molar-refractivity contribution in [3.8, 4) is 5.75 Å². The summed E-state index contributed by atoms with van der Waals surface area (Å²) in [5, 5.41) is 8.67. The quantitative estimate of drug-likeness (QED) is 0.608. The maximum Gasteiger partial charge on any atom is 0.507 e. The third-order valence-corrected chi connectivity index (χ3v) is 2.65. The Morgan fingerprint density at radius 1 is 1.65 bits per heavy atom. The van der Waals surface area contributed by atoms with Crippen molar-refractivity contribution in [3.05, 3.63) is 29.3 Å². The van der Waals surface area contributed by atoms with Crippen LogP contribution in [0.5, 0.6) is 5.75 Å². The molecule has 0 radical (unpaired) electrons. The molecule has 0 saturated heterocycles. The van der Waals surface area contributed by atoms with Crippen LogP contribution >= 0.6 is 0 Å². The van der Waals surface area contributed by atoms with E-state index in [2.05, 4.69) is 0 Å². The van der Waals surface area contributed by atoms with Crippen LogP contribution < -0.4 is 10.5 Å². The van der Waals surface area contributed by atoms with Gasteiger partial charge in [0.15, 0.2) is 5.72 Å². The highest BCUT2D eigenvalue weighted by Crippen LogP contribution is 2.36. The monoisotopic (exact) mass is 241 g/mol. The molecule has 0 amide bonds. The fourth-order valence-electron chi connectivity index (χ4n) is 1.83. The molecule has 1 unspecified atom stereocenters. The molecule has 1 aromatic carbocycles. The fraction of sp³-hybridized carbons (Fsp3) is 0.364. The topological polar surface area (TPSA) is 81.8 Å². The molecular weight excluding hydrogens is 229 g/mol. The summed E-state index contributed by atoms with van der Waals surface area (Å²) < 4.78 is 22.6. The molecule has 1 aliphatic rings. The smallest absolute Gasteiger partial charge is 0.493 e. The molecule has 0 spiro atoms. The van der Waals surface area contributed by atoms with Crippen LogP contribution in [0.2, 0.25) is 0 Å². The molecule has 92 valence electrons. The van der Waals surface area contributed by atoms with Crippen molar-refractivity contribution in [1.29, 1.82) is 0 Å². The van der Waals surface area contributed by atoms with Gasteiger partial charge in [-0.05, 0) is 17.7 Å². The van der Waals surface area contributed by atoms with Crippen LogP contribution in [0, 0.1) is 0 Å². The third kappa shape index (κ3) is 2.16. The van der Waals surface area contributed by atoms with Crippen molar-refractivity contribution in [3.63, 3.8) is 0 Å². The lowest BCUT2D eigenvalue weighted by atomic mass is 9.95. The number of carboxylic acid groups (broad SMARTS) is 1. The number of fused-ring (bicyclic) bond motifs is 1. The molecule has 0 fully saturated rings. The first-order chi connectivity index (χ1) is 8.05. The highest BCUT2D eigenvalue weighted by atomic mass is 19.1. The van der Waals surface area contributed by atoms with Crippen molar-refractivity contribution in [2.45, 2.75) is 18.8 Å². The second kappa shape index (κ2) is 4.21. The molecule has 1 atom stereocenters. The van der Waals surface area contributed by atoms with Crippen molar-refractivity contribution in [2.24, 2.45) is 5.73 Å². The normalized spacial score (nSPS) is 22.5. The van der Waals surface area contributed by atoms with Crippen LogP contribution in [-0.2, 0) is 17.1 Å². The predicted octanol–water partition coefficient (Wildman–Crippen LogP) is 1.74. The highest BCUT2D eigenvalue weighted by Gasteiger charge is 2.38. The molecule has 0 saturated carbocycles. The number of hydrogen-bond acceptors (Lipinski definition) is 4. The van der Waals surface area contributed by atoms with Gasteiger partial charge in [-0.3, -0.25) is 5.73 Å². The van der Waals surface area contributed by atoms with Gasteiger partial charge < -0.3 is 14.6 Å². The Morgan fingerprint density at radius 2 is 2.41 bits per heavy atom. The number of benzene rings is 1. The number of hydrogen-bond donors (Lipinski definition) is 2. The minimum Gasteiger partial charge on any atom is -0.493 e. The van der Waals surface area contributed by atoms with Gasteiger partial charge >= 0.3 is 6.16 Å². The van der Waals surface area contributed by atoms with E-state index < -0.39 is 18.6 Å². The lowest BCUT2D eigenvalue weighted by molar-refractivity contribution is -0.0419. The minimum absolute atomic E-state index is 0.196. The molecule has 0 aromatic heterocycles. The molecule has 1 aromatic rings. The van der Waals surface area contributed by atoms with Crippen LogP contribution in [0.4, 0.5) is 9.18 Å². The van der Waals surface area contributed by atoms with E-state index >= 15 is 0 Å². The highest BCUT2D eigenvalue weighted by molar-refractivity contribution is 5.58. The number of carbonyl (C=O) groups is 1. The van der Waals surface area contributed by atoms with Crippen molar-refractivity contribution in [1.82, 2.24) is 0 Å². The van der Waals surface area contributed by atoms with Crippen LogP contribution in [0.3, 0.4) is 0 Å². The molecule has 5 nitrogen and oxygen atoms in total. The second-order valence-electron chi connectivity index (χ2n) is 3.82. The standard InChI is InChI=1S/C11H12FNO4/c12-6-7-1-2-9-8(5-7)11(13,3-4-16-9)17-10(14)15/h1-2,5H,3-4,6,13H2,(H,14,15). The average molecular weight is 241 g/mol. The Bertz CT molecular complexity index is 451. The fourth-order valence-corrected chi connectivity index (χ4v) is 1.83. The maximum absolute atomic E-state index is 12.6. The zero-order valence-electron chi connectivity index (χ0n) is 8.98. The summed E-state index contributed by atoms with van der Waals surface area (Å²) in [6.07, 6.45) is -1.27. The largest absolute Gasteiger partial charge is 0.507 e. The van der Waals surface area contributed by atoms with E-state index in [4.69, 9.17) is 20.3 Å². The number of halogens is 1. The summed E-state index contributed by atoms with van der Waals surface area (Å²) in [6, 6.07) is 4.60. The molecule has 1 heterocycles. The Morgan fingerprint density at radius 3 is 3.06 bits per heavy atom. The van der Waals surface area contributed by atoms with Gasteiger partial charge in [0.05, 0.1) is 12.2 Å². The molecule has 1 aliphatic heterocycles. The Labute approximate surface area is 96.9 Å².